The molecule has 43 heavy (non-hydrogen) atoms. The van der Waals surface area contributed by atoms with E-state index in [9.17, 15) is 24.0 Å². The molecular formula is C32H35Cl2N3O6. The molecule has 2 aromatic rings. The standard InChI is InChI=1S/C19H17Cl2NO4.C13H18N2O2/c1-2-26-19(25)16(21)10-11-9-12(7-8-15(11)20)22-17(23)13-5-3-4-6-14(13)18(22)24;16-12-10-7-4-8-11(10)14-13(17)15(12)9-5-2-1-3-6-9/h7-10H,2-6H2,1H3;9H,1-8H2,(H,14,17)/b16-10-;. The van der Waals surface area contributed by atoms with Gasteiger partial charge >= 0.3 is 11.7 Å². The van der Waals surface area contributed by atoms with Crippen LogP contribution in [-0.2, 0) is 32.0 Å². The highest BCUT2D eigenvalue weighted by molar-refractivity contribution is 6.43. The summed E-state index contributed by atoms with van der Waals surface area (Å²) >= 11 is 12.1. The highest BCUT2D eigenvalue weighted by Crippen LogP contribution is 2.37. The largest absolute Gasteiger partial charge is 0.462 e. The molecule has 0 spiro atoms. The Bertz CT molecular complexity index is 1600. The lowest BCUT2D eigenvalue weighted by molar-refractivity contribution is -0.137. The molecule has 0 radical (unpaired) electrons. The van der Waals surface area contributed by atoms with Crippen molar-refractivity contribution >= 4 is 52.7 Å². The number of halogens is 2. The fraction of sp³-hybridized carbons (Fsp3) is 0.469. The van der Waals surface area contributed by atoms with Gasteiger partial charge in [-0.15, -0.1) is 0 Å². The van der Waals surface area contributed by atoms with E-state index in [1.54, 1.807) is 25.1 Å². The number of nitrogens with one attached hydrogen (secondary N) is 1. The highest BCUT2D eigenvalue weighted by Gasteiger charge is 2.39. The summed E-state index contributed by atoms with van der Waals surface area (Å²) in [6.45, 7) is 1.87. The molecule has 1 N–H and O–H groups in total. The Morgan fingerprint density at radius 3 is 2.28 bits per heavy atom. The van der Waals surface area contributed by atoms with Gasteiger partial charge in [-0.1, -0.05) is 42.5 Å². The molecule has 9 nitrogen and oxygen atoms in total. The third-order valence-corrected chi connectivity index (χ3v) is 9.10. The van der Waals surface area contributed by atoms with Crippen molar-refractivity contribution in [2.45, 2.75) is 90.0 Å². The summed E-state index contributed by atoms with van der Waals surface area (Å²) in [6.07, 6.45) is 12.6. The van der Waals surface area contributed by atoms with Crippen LogP contribution in [0.5, 0.6) is 0 Å². The van der Waals surface area contributed by atoms with Crippen molar-refractivity contribution < 1.29 is 19.1 Å². The fourth-order valence-corrected chi connectivity index (χ4v) is 6.71. The van der Waals surface area contributed by atoms with Crippen LogP contribution in [0.4, 0.5) is 5.69 Å². The number of imide groups is 1. The second-order valence-corrected chi connectivity index (χ2v) is 12.1. The first-order valence-electron chi connectivity index (χ1n) is 15.0. The van der Waals surface area contributed by atoms with Crippen molar-refractivity contribution in [2.75, 3.05) is 11.5 Å². The first-order chi connectivity index (χ1) is 20.7. The molecule has 1 aromatic heterocycles. The quantitative estimate of drug-likeness (QED) is 0.256. The Morgan fingerprint density at radius 1 is 0.953 bits per heavy atom. The number of hydrogen-bond donors (Lipinski definition) is 1. The zero-order chi connectivity index (χ0) is 30.7. The number of fused-ring (bicyclic) bond motifs is 1. The van der Waals surface area contributed by atoms with E-state index in [4.69, 9.17) is 27.9 Å². The average molecular weight is 629 g/mol. The van der Waals surface area contributed by atoms with Crippen molar-refractivity contribution in [1.82, 2.24) is 9.55 Å². The highest BCUT2D eigenvalue weighted by atomic mass is 35.5. The zero-order valence-electron chi connectivity index (χ0n) is 24.2. The van der Waals surface area contributed by atoms with Crippen molar-refractivity contribution in [1.29, 1.82) is 0 Å². The van der Waals surface area contributed by atoms with E-state index in [0.717, 1.165) is 69.0 Å². The summed E-state index contributed by atoms with van der Waals surface area (Å²) in [5, 5.41) is 0.204. The van der Waals surface area contributed by atoms with Gasteiger partial charge in [0.25, 0.3) is 17.4 Å². The number of carbonyl (C=O) groups excluding carboxylic acids is 3. The van der Waals surface area contributed by atoms with Gasteiger partial charge in [0.05, 0.1) is 12.3 Å². The molecule has 3 aliphatic carbocycles. The Labute approximate surface area is 259 Å². The van der Waals surface area contributed by atoms with Crippen LogP contribution in [-0.4, -0.2) is 33.9 Å². The number of carbonyl (C=O) groups is 3. The summed E-state index contributed by atoms with van der Waals surface area (Å²) in [6, 6.07) is 4.87. The van der Waals surface area contributed by atoms with Gasteiger partial charge in [0.1, 0.15) is 5.03 Å². The number of benzene rings is 1. The van der Waals surface area contributed by atoms with E-state index in [2.05, 4.69) is 4.98 Å². The number of ether oxygens (including phenoxy) is 1. The molecule has 0 bridgehead atoms. The van der Waals surface area contributed by atoms with Crippen LogP contribution in [0.25, 0.3) is 6.08 Å². The van der Waals surface area contributed by atoms with Crippen LogP contribution in [0.15, 0.2) is 44.0 Å². The van der Waals surface area contributed by atoms with Gasteiger partial charge in [0.2, 0.25) is 0 Å². The van der Waals surface area contributed by atoms with Gasteiger partial charge in [0, 0.05) is 33.5 Å². The smallest absolute Gasteiger partial charge is 0.349 e. The number of nitrogens with zero attached hydrogens (tertiary/aromatic N) is 2. The second kappa shape index (κ2) is 13.5. The normalized spacial score (nSPS) is 18.8. The second-order valence-electron chi connectivity index (χ2n) is 11.2. The third-order valence-electron chi connectivity index (χ3n) is 8.49. The number of aromatic amines is 1. The van der Waals surface area contributed by atoms with Crippen LogP contribution >= 0.6 is 23.2 Å². The molecule has 6 rings (SSSR count). The molecule has 4 aliphatic rings. The molecular weight excluding hydrogens is 593 g/mol. The lowest BCUT2D eigenvalue weighted by Gasteiger charge is -2.23. The Balaban J connectivity index is 0.000000186. The van der Waals surface area contributed by atoms with Gasteiger partial charge in [-0.3, -0.25) is 19.0 Å². The maximum Gasteiger partial charge on any atom is 0.349 e. The summed E-state index contributed by atoms with van der Waals surface area (Å²) in [5.74, 6) is -1.22. The zero-order valence-corrected chi connectivity index (χ0v) is 25.7. The molecule has 0 saturated heterocycles. The van der Waals surface area contributed by atoms with Crippen LogP contribution in [0.1, 0.15) is 94.0 Å². The maximum atomic E-state index is 12.7. The van der Waals surface area contributed by atoms with Crippen molar-refractivity contribution in [3.8, 4) is 0 Å². The molecule has 2 amide bonds. The number of H-pyrrole nitrogens is 1. The van der Waals surface area contributed by atoms with Gasteiger partial charge < -0.3 is 9.72 Å². The molecule has 1 aromatic carbocycles. The number of aromatic nitrogens is 2. The summed E-state index contributed by atoms with van der Waals surface area (Å²) in [7, 11) is 0. The number of anilines is 1. The first kappa shape index (κ1) is 31.0. The van der Waals surface area contributed by atoms with Crippen LogP contribution < -0.4 is 16.1 Å². The van der Waals surface area contributed by atoms with Crippen LogP contribution in [0.2, 0.25) is 5.02 Å². The minimum atomic E-state index is -0.666. The summed E-state index contributed by atoms with van der Waals surface area (Å²) in [4.78, 5) is 65.4. The molecule has 1 fully saturated rings. The molecule has 0 atom stereocenters. The van der Waals surface area contributed by atoms with Crippen molar-refractivity contribution in [2.24, 2.45) is 0 Å². The molecule has 2 heterocycles. The third kappa shape index (κ3) is 6.43. The average Bonchev–Trinajstić information content (AvgIpc) is 3.58. The predicted octanol–water partition coefficient (Wildman–Crippen LogP) is 5.76. The van der Waals surface area contributed by atoms with Gasteiger partial charge in [-0.2, -0.15) is 0 Å². The van der Waals surface area contributed by atoms with E-state index >= 15 is 0 Å². The monoisotopic (exact) mass is 627 g/mol. The SMILES string of the molecule is CCOC(=O)/C(Cl)=C/c1cc(N2C(=O)C3=C(CCCC3)C2=O)ccc1Cl.O=c1[nH]c2c(c(=O)n1C1CCCCC1)CCC2. The molecule has 11 heteroatoms. The Hall–Kier alpha value is -3.43. The Kier molecular flexibility index (Phi) is 9.72. The minimum Gasteiger partial charge on any atom is -0.462 e. The van der Waals surface area contributed by atoms with E-state index in [1.165, 1.54) is 22.0 Å². The van der Waals surface area contributed by atoms with Crippen molar-refractivity contribution in [3.63, 3.8) is 0 Å². The molecule has 0 unspecified atom stereocenters. The van der Waals surface area contributed by atoms with Crippen LogP contribution in [0, 0.1) is 0 Å². The fourth-order valence-electron chi connectivity index (χ4n) is 6.37. The van der Waals surface area contributed by atoms with Crippen molar-refractivity contribution in [3.05, 3.63) is 77.1 Å². The van der Waals surface area contributed by atoms with E-state index < -0.39 is 5.97 Å². The first-order valence-corrected chi connectivity index (χ1v) is 15.8. The van der Waals surface area contributed by atoms with E-state index in [1.807, 2.05) is 0 Å². The van der Waals surface area contributed by atoms with Gasteiger partial charge in [-0.05, 0) is 94.5 Å². The summed E-state index contributed by atoms with van der Waals surface area (Å²) in [5.41, 5.74) is 3.57. The van der Waals surface area contributed by atoms with Gasteiger partial charge in [-0.25, -0.2) is 14.5 Å². The lowest BCUT2D eigenvalue weighted by Crippen LogP contribution is -2.40. The lowest BCUT2D eigenvalue weighted by atomic mass is 9.93. The Morgan fingerprint density at radius 2 is 1.63 bits per heavy atom. The van der Waals surface area contributed by atoms with E-state index in [0.29, 0.717) is 40.3 Å². The topological polar surface area (TPSA) is 119 Å². The number of amides is 2. The number of hydrogen-bond acceptors (Lipinski definition) is 6. The van der Waals surface area contributed by atoms with Gasteiger partial charge in [0.15, 0.2) is 0 Å². The number of esters is 1. The minimum absolute atomic E-state index is 0.0202. The summed E-state index contributed by atoms with van der Waals surface area (Å²) < 4.78 is 6.33. The maximum absolute atomic E-state index is 12.7. The molecule has 228 valence electrons. The molecule has 1 aliphatic heterocycles. The number of rotatable bonds is 5. The molecule has 1 saturated carbocycles. The van der Waals surface area contributed by atoms with E-state index in [-0.39, 0.29) is 40.7 Å². The predicted molar refractivity (Wildman–Crippen MR) is 165 cm³/mol. The number of aryl methyl sites for hydroxylation is 1. The van der Waals surface area contributed by atoms with Crippen LogP contribution in [0.3, 0.4) is 0 Å².